The lowest BCUT2D eigenvalue weighted by atomic mass is 10.1. The van der Waals surface area contributed by atoms with Gasteiger partial charge in [-0.1, -0.05) is 6.07 Å². The van der Waals surface area contributed by atoms with Crippen LogP contribution in [0.2, 0.25) is 0 Å². The zero-order valence-electron chi connectivity index (χ0n) is 8.00. The summed E-state index contributed by atoms with van der Waals surface area (Å²) in [5.74, 6) is 0. The van der Waals surface area contributed by atoms with Gasteiger partial charge >= 0.3 is 0 Å². The standard InChI is InChI=1S/C10H14N2S/c1-10(2,8-11)12-6-5-9-4-3-7-13-9/h3-4,7,12H,5-6H2,1-2H3. The summed E-state index contributed by atoms with van der Waals surface area (Å²) in [5, 5.41) is 14.0. The molecular formula is C10H14N2S. The second-order valence-electron chi connectivity index (χ2n) is 3.49. The Balaban J connectivity index is 2.26. The number of nitrogens with zero attached hydrogens (tertiary/aromatic N) is 1. The van der Waals surface area contributed by atoms with Gasteiger partial charge in [-0.3, -0.25) is 5.32 Å². The van der Waals surface area contributed by atoms with E-state index >= 15 is 0 Å². The van der Waals surface area contributed by atoms with Crippen LogP contribution in [-0.2, 0) is 6.42 Å². The lowest BCUT2D eigenvalue weighted by Crippen LogP contribution is -2.38. The summed E-state index contributed by atoms with van der Waals surface area (Å²) >= 11 is 1.76. The maximum absolute atomic E-state index is 8.74. The lowest BCUT2D eigenvalue weighted by Gasteiger charge is -2.16. The molecule has 0 fully saturated rings. The molecule has 1 heterocycles. The van der Waals surface area contributed by atoms with Crippen molar-refractivity contribution in [3.05, 3.63) is 22.4 Å². The Labute approximate surface area is 83.2 Å². The normalized spacial score (nSPS) is 11.2. The van der Waals surface area contributed by atoms with Gasteiger partial charge in [0.1, 0.15) is 5.54 Å². The molecule has 0 aliphatic carbocycles. The summed E-state index contributed by atoms with van der Waals surface area (Å²) in [5.41, 5.74) is -0.405. The molecule has 70 valence electrons. The first-order valence-electron chi connectivity index (χ1n) is 4.33. The minimum absolute atomic E-state index is 0.405. The topological polar surface area (TPSA) is 35.8 Å². The van der Waals surface area contributed by atoms with Crippen molar-refractivity contribution in [3.63, 3.8) is 0 Å². The van der Waals surface area contributed by atoms with Crippen LogP contribution in [0.4, 0.5) is 0 Å². The molecule has 0 aliphatic heterocycles. The minimum Gasteiger partial charge on any atom is -0.299 e. The number of thiophene rings is 1. The zero-order chi connectivity index (χ0) is 9.73. The van der Waals surface area contributed by atoms with Crippen LogP contribution >= 0.6 is 11.3 Å². The molecule has 1 N–H and O–H groups in total. The molecule has 13 heavy (non-hydrogen) atoms. The number of hydrogen-bond acceptors (Lipinski definition) is 3. The predicted octanol–water partition coefficient (Wildman–Crippen LogP) is 2.18. The highest BCUT2D eigenvalue weighted by Crippen LogP contribution is 2.09. The molecule has 0 amide bonds. The van der Waals surface area contributed by atoms with Crippen molar-refractivity contribution in [2.45, 2.75) is 25.8 Å². The second-order valence-corrected chi connectivity index (χ2v) is 4.53. The second kappa shape index (κ2) is 4.40. The van der Waals surface area contributed by atoms with Crippen LogP contribution < -0.4 is 5.32 Å². The highest BCUT2D eigenvalue weighted by atomic mass is 32.1. The quantitative estimate of drug-likeness (QED) is 0.797. The monoisotopic (exact) mass is 194 g/mol. The van der Waals surface area contributed by atoms with E-state index in [2.05, 4.69) is 28.9 Å². The summed E-state index contributed by atoms with van der Waals surface area (Å²) in [7, 11) is 0. The number of rotatable bonds is 4. The van der Waals surface area contributed by atoms with E-state index in [0.29, 0.717) is 0 Å². The molecule has 1 aromatic heterocycles. The Morgan fingerprint density at radius 1 is 1.62 bits per heavy atom. The molecule has 0 saturated heterocycles. The molecule has 0 bridgehead atoms. The van der Waals surface area contributed by atoms with Crippen LogP contribution in [0, 0.1) is 11.3 Å². The highest BCUT2D eigenvalue weighted by molar-refractivity contribution is 7.09. The summed E-state index contributed by atoms with van der Waals surface area (Å²) in [4.78, 5) is 1.36. The fourth-order valence-corrected chi connectivity index (χ4v) is 1.70. The van der Waals surface area contributed by atoms with Crippen molar-refractivity contribution in [3.8, 4) is 6.07 Å². The van der Waals surface area contributed by atoms with Gasteiger partial charge in [0.2, 0.25) is 0 Å². The van der Waals surface area contributed by atoms with E-state index in [9.17, 15) is 0 Å². The van der Waals surface area contributed by atoms with E-state index in [0.717, 1.165) is 13.0 Å². The van der Waals surface area contributed by atoms with Crippen molar-refractivity contribution >= 4 is 11.3 Å². The number of nitrogens with one attached hydrogen (secondary N) is 1. The first-order valence-corrected chi connectivity index (χ1v) is 5.21. The van der Waals surface area contributed by atoms with Crippen LogP contribution in [0.15, 0.2) is 17.5 Å². The Bertz CT molecular complexity index is 282. The average Bonchev–Trinajstić information content (AvgIpc) is 2.57. The van der Waals surface area contributed by atoms with Crippen molar-refractivity contribution in [2.75, 3.05) is 6.54 Å². The van der Waals surface area contributed by atoms with Crippen LogP contribution in [0.25, 0.3) is 0 Å². The molecule has 0 aromatic carbocycles. The van der Waals surface area contributed by atoms with Gasteiger partial charge < -0.3 is 0 Å². The molecule has 0 radical (unpaired) electrons. The van der Waals surface area contributed by atoms with Gasteiger partial charge in [-0.05, 0) is 31.7 Å². The number of hydrogen-bond donors (Lipinski definition) is 1. The Kier molecular flexibility index (Phi) is 3.47. The van der Waals surface area contributed by atoms with Crippen LogP contribution in [0.5, 0.6) is 0 Å². The van der Waals surface area contributed by atoms with Gasteiger partial charge in [0.15, 0.2) is 0 Å². The summed E-state index contributed by atoms with van der Waals surface area (Å²) < 4.78 is 0. The van der Waals surface area contributed by atoms with E-state index in [1.165, 1.54) is 4.88 Å². The molecule has 0 spiro atoms. The Hall–Kier alpha value is -0.850. The van der Waals surface area contributed by atoms with Crippen molar-refractivity contribution < 1.29 is 0 Å². The van der Waals surface area contributed by atoms with E-state index in [-0.39, 0.29) is 0 Å². The van der Waals surface area contributed by atoms with E-state index < -0.39 is 5.54 Å². The SMILES string of the molecule is CC(C)(C#N)NCCc1cccs1. The number of nitriles is 1. The summed E-state index contributed by atoms with van der Waals surface area (Å²) in [6.45, 7) is 4.64. The van der Waals surface area contributed by atoms with Crippen LogP contribution in [-0.4, -0.2) is 12.1 Å². The molecule has 0 atom stereocenters. The molecule has 0 saturated carbocycles. The maximum atomic E-state index is 8.74. The summed E-state index contributed by atoms with van der Waals surface area (Å²) in [6.07, 6.45) is 1.00. The van der Waals surface area contributed by atoms with Crippen molar-refractivity contribution in [1.82, 2.24) is 5.32 Å². The van der Waals surface area contributed by atoms with Gasteiger partial charge in [0, 0.05) is 11.4 Å². The molecular weight excluding hydrogens is 180 g/mol. The first-order chi connectivity index (χ1) is 6.14. The molecule has 1 aromatic rings. The van der Waals surface area contributed by atoms with Gasteiger partial charge in [-0.15, -0.1) is 11.3 Å². The van der Waals surface area contributed by atoms with Crippen molar-refractivity contribution in [2.24, 2.45) is 0 Å². The van der Waals surface area contributed by atoms with Gasteiger partial charge in [-0.2, -0.15) is 5.26 Å². The fourth-order valence-electron chi connectivity index (χ4n) is 0.993. The highest BCUT2D eigenvalue weighted by Gasteiger charge is 2.14. The van der Waals surface area contributed by atoms with E-state index in [4.69, 9.17) is 5.26 Å². The maximum Gasteiger partial charge on any atom is 0.101 e. The third-order valence-electron chi connectivity index (χ3n) is 1.80. The minimum atomic E-state index is -0.405. The predicted molar refractivity (Wildman–Crippen MR) is 55.7 cm³/mol. The van der Waals surface area contributed by atoms with Gasteiger partial charge in [0.05, 0.1) is 6.07 Å². The smallest absolute Gasteiger partial charge is 0.101 e. The van der Waals surface area contributed by atoms with E-state index in [1.807, 2.05) is 13.8 Å². The van der Waals surface area contributed by atoms with Gasteiger partial charge in [-0.25, -0.2) is 0 Å². The third-order valence-corrected chi connectivity index (χ3v) is 2.73. The molecule has 0 aliphatic rings. The lowest BCUT2D eigenvalue weighted by molar-refractivity contribution is 0.491. The largest absolute Gasteiger partial charge is 0.299 e. The zero-order valence-corrected chi connectivity index (χ0v) is 8.82. The van der Waals surface area contributed by atoms with Gasteiger partial charge in [0.25, 0.3) is 0 Å². The molecule has 0 unspecified atom stereocenters. The van der Waals surface area contributed by atoms with Crippen LogP contribution in [0.1, 0.15) is 18.7 Å². The Morgan fingerprint density at radius 3 is 2.92 bits per heavy atom. The molecule has 2 nitrogen and oxygen atoms in total. The van der Waals surface area contributed by atoms with Crippen LogP contribution in [0.3, 0.4) is 0 Å². The first kappa shape index (κ1) is 10.2. The summed E-state index contributed by atoms with van der Waals surface area (Å²) in [6, 6.07) is 6.38. The molecule has 1 rings (SSSR count). The fraction of sp³-hybridized carbons (Fsp3) is 0.500. The average molecular weight is 194 g/mol. The molecule has 3 heteroatoms. The third kappa shape index (κ3) is 3.58. The van der Waals surface area contributed by atoms with E-state index in [1.54, 1.807) is 11.3 Å². The van der Waals surface area contributed by atoms with Crippen molar-refractivity contribution in [1.29, 1.82) is 5.26 Å². The Morgan fingerprint density at radius 2 is 2.38 bits per heavy atom.